The van der Waals surface area contributed by atoms with Crippen LogP contribution in [0.1, 0.15) is 31.2 Å². The summed E-state index contributed by atoms with van der Waals surface area (Å²) >= 11 is 7.00. The van der Waals surface area contributed by atoms with Crippen LogP contribution in [-0.2, 0) is 5.41 Å². The number of hydrogen-bond acceptors (Lipinski definition) is 4. The van der Waals surface area contributed by atoms with Crippen LogP contribution in [0.2, 0.25) is 0 Å². The number of aliphatic hydroxyl groups is 1. The number of hydrogen-bond donors (Lipinski definition) is 2. The van der Waals surface area contributed by atoms with Crippen LogP contribution < -0.4 is 14.6 Å². The van der Waals surface area contributed by atoms with E-state index in [1.807, 2.05) is 42.0 Å². The van der Waals surface area contributed by atoms with E-state index in [-0.39, 0.29) is 21.9 Å². The van der Waals surface area contributed by atoms with Crippen molar-refractivity contribution in [2.45, 2.75) is 32.8 Å². The van der Waals surface area contributed by atoms with E-state index < -0.39 is 6.61 Å². The molecule has 0 fully saturated rings. The predicted molar refractivity (Wildman–Crippen MR) is 125 cm³/mol. The third-order valence-electron chi connectivity index (χ3n) is 4.48. The smallest absolute Gasteiger partial charge is 0.387 e. The van der Waals surface area contributed by atoms with Gasteiger partial charge in [0.2, 0.25) is 5.76 Å². The van der Waals surface area contributed by atoms with E-state index >= 15 is 0 Å². The molecule has 2 N–H and O–H groups in total. The number of nitrogens with one attached hydrogen (secondary N) is 1. The number of pyridine rings is 1. The summed E-state index contributed by atoms with van der Waals surface area (Å²) < 4.78 is 30.8. The van der Waals surface area contributed by atoms with Gasteiger partial charge >= 0.3 is 6.61 Å². The third-order valence-corrected chi connectivity index (χ3v) is 5.66. The van der Waals surface area contributed by atoms with Gasteiger partial charge in [-0.2, -0.15) is 13.3 Å². The Balaban J connectivity index is 1.93. The molecule has 0 unspecified atom stereocenters. The lowest BCUT2D eigenvalue weighted by molar-refractivity contribution is -0.575. The molecule has 0 aliphatic carbocycles. The first kappa shape index (κ1) is 22.8. The van der Waals surface area contributed by atoms with E-state index in [1.165, 1.54) is 23.5 Å². The van der Waals surface area contributed by atoms with Crippen LogP contribution in [-0.4, -0.2) is 16.7 Å². The monoisotopic (exact) mass is 461 g/mol. The van der Waals surface area contributed by atoms with Gasteiger partial charge in [0.05, 0.1) is 4.88 Å². The van der Waals surface area contributed by atoms with E-state index in [0.29, 0.717) is 16.3 Å². The minimum absolute atomic E-state index is 0.0143. The van der Waals surface area contributed by atoms with Gasteiger partial charge in [-0.05, 0) is 46.7 Å². The highest BCUT2D eigenvalue weighted by Gasteiger charge is 2.25. The van der Waals surface area contributed by atoms with Crippen molar-refractivity contribution in [3.8, 4) is 5.75 Å². The van der Waals surface area contributed by atoms with Crippen molar-refractivity contribution in [3.63, 3.8) is 0 Å². The summed E-state index contributed by atoms with van der Waals surface area (Å²) in [5, 5.41) is 15.9. The number of alkyl halides is 2. The van der Waals surface area contributed by atoms with Crippen molar-refractivity contribution in [1.29, 1.82) is 0 Å². The van der Waals surface area contributed by atoms with Gasteiger partial charge in [0.25, 0.3) is 5.70 Å². The molecule has 1 aromatic carbocycles. The molecule has 162 valence electrons. The van der Waals surface area contributed by atoms with E-state index in [4.69, 9.17) is 12.2 Å². The normalized spacial score (nSPS) is 12.5. The van der Waals surface area contributed by atoms with Gasteiger partial charge in [0, 0.05) is 17.8 Å². The molecule has 0 atom stereocenters. The lowest BCUT2D eigenvalue weighted by atomic mass is 9.88. The molecule has 0 amide bonds. The fraction of sp³-hybridized carbons (Fsp3) is 0.217. The Morgan fingerprint density at radius 3 is 2.26 bits per heavy atom. The van der Waals surface area contributed by atoms with Gasteiger partial charge in [-0.15, -0.1) is 11.3 Å². The second kappa shape index (κ2) is 9.53. The number of rotatable bonds is 6. The van der Waals surface area contributed by atoms with Gasteiger partial charge in [-0.25, -0.2) is 0 Å². The molecule has 0 saturated heterocycles. The average molecular weight is 462 g/mol. The minimum Gasteiger partial charge on any atom is -0.501 e. The maximum Gasteiger partial charge on any atom is 0.387 e. The Hall–Kier alpha value is -2.84. The summed E-state index contributed by atoms with van der Waals surface area (Å²) in [5.74, 6) is 0.0921. The molecule has 2 aromatic heterocycles. The maximum absolute atomic E-state index is 12.4. The van der Waals surface area contributed by atoms with Crippen LogP contribution in [0.4, 0.5) is 14.5 Å². The molecule has 0 saturated carbocycles. The number of nitrogens with zero attached hydrogens (tertiary/aromatic N) is 1. The first-order valence-electron chi connectivity index (χ1n) is 9.50. The van der Waals surface area contributed by atoms with Crippen molar-refractivity contribution in [2.75, 3.05) is 5.32 Å². The van der Waals surface area contributed by atoms with Gasteiger partial charge in [-0.3, -0.25) is 0 Å². The van der Waals surface area contributed by atoms with Crippen molar-refractivity contribution >= 4 is 45.7 Å². The lowest BCUT2D eigenvalue weighted by Crippen LogP contribution is -2.38. The molecule has 0 bridgehead atoms. The molecule has 31 heavy (non-hydrogen) atoms. The van der Waals surface area contributed by atoms with Crippen LogP contribution in [0.25, 0.3) is 11.5 Å². The van der Waals surface area contributed by atoms with Crippen LogP contribution in [0.15, 0.2) is 66.3 Å². The zero-order valence-electron chi connectivity index (χ0n) is 17.3. The summed E-state index contributed by atoms with van der Waals surface area (Å²) in [6.07, 6.45) is 3.71. The van der Waals surface area contributed by atoms with Crippen molar-refractivity contribution in [2.24, 2.45) is 0 Å². The predicted octanol–water partition coefficient (Wildman–Crippen LogP) is 6.26. The average Bonchev–Trinajstić information content (AvgIpc) is 3.24. The molecule has 8 heteroatoms. The fourth-order valence-electron chi connectivity index (χ4n) is 2.86. The molecule has 3 aromatic rings. The fourth-order valence-corrected chi connectivity index (χ4v) is 3.85. The largest absolute Gasteiger partial charge is 0.501 e. The molecule has 0 aliphatic heterocycles. The van der Waals surface area contributed by atoms with Crippen LogP contribution >= 0.6 is 23.6 Å². The second-order valence-electron chi connectivity index (χ2n) is 7.78. The van der Waals surface area contributed by atoms with Crippen LogP contribution in [0, 0.1) is 0 Å². The molecule has 4 nitrogen and oxygen atoms in total. The minimum atomic E-state index is -2.88. The highest BCUT2D eigenvalue weighted by Crippen LogP contribution is 2.25. The topological polar surface area (TPSA) is 45.4 Å². The quantitative estimate of drug-likeness (QED) is 0.197. The van der Waals surface area contributed by atoms with Crippen molar-refractivity contribution < 1.29 is 23.2 Å². The summed E-state index contributed by atoms with van der Waals surface area (Å²) in [7, 11) is 0. The summed E-state index contributed by atoms with van der Waals surface area (Å²) in [4.78, 5) is 0.953. The number of anilines is 1. The van der Waals surface area contributed by atoms with E-state index in [9.17, 15) is 13.9 Å². The molecular formula is C23H23F2N2O2S2+. The van der Waals surface area contributed by atoms with Gasteiger partial charge < -0.3 is 15.2 Å². The van der Waals surface area contributed by atoms with E-state index in [1.54, 1.807) is 16.7 Å². The third kappa shape index (κ3) is 5.86. The number of aliphatic hydroxyl groups excluding tert-OH is 1. The Morgan fingerprint density at radius 1 is 1.10 bits per heavy atom. The number of thiocarbonyl (C=S) groups is 1. The summed E-state index contributed by atoms with van der Waals surface area (Å²) in [5.41, 5.74) is 2.12. The van der Waals surface area contributed by atoms with Crippen molar-refractivity contribution in [1.82, 2.24) is 0 Å². The zero-order valence-corrected chi connectivity index (χ0v) is 18.9. The van der Waals surface area contributed by atoms with Crippen LogP contribution in [0.3, 0.4) is 0 Å². The molecular weight excluding hydrogens is 438 g/mol. The summed E-state index contributed by atoms with van der Waals surface area (Å²) in [6, 6.07) is 13.6. The van der Waals surface area contributed by atoms with Gasteiger partial charge in [0.1, 0.15) is 5.75 Å². The van der Waals surface area contributed by atoms with E-state index in [0.717, 1.165) is 5.56 Å². The number of thiophene rings is 1. The standard InChI is InChI=1S/C23H22F2N2O2S2/c1-23(2,3)15-10-12-27(13-11-15)19(20(28)18-5-4-14-31-18)21(30)26-16-6-8-17(9-7-16)29-22(24)25/h4-14,22H,1-3H3,(H-,26,28,30)/p+1. The highest BCUT2D eigenvalue weighted by molar-refractivity contribution is 7.81. The van der Waals surface area contributed by atoms with E-state index in [2.05, 4.69) is 30.8 Å². The Morgan fingerprint density at radius 2 is 1.74 bits per heavy atom. The second-order valence-corrected chi connectivity index (χ2v) is 9.13. The van der Waals surface area contributed by atoms with Gasteiger partial charge in [0.15, 0.2) is 17.4 Å². The Labute approximate surface area is 189 Å². The molecule has 3 rings (SSSR count). The van der Waals surface area contributed by atoms with Crippen LogP contribution in [0.5, 0.6) is 5.75 Å². The first-order valence-corrected chi connectivity index (χ1v) is 10.8. The number of ether oxygens (including phenoxy) is 1. The zero-order chi connectivity index (χ0) is 22.6. The number of aromatic nitrogens is 1. The Bertz CT molecular complexity index is 1060. The molecule has 0 radical (unpaired) electrons. The maximum atomic E-state index is 12.4. The lowest BCUT2D eigenvalue weighted by Gasteiger charge is -2.18. The number of benzene rings is 1. The van der Waals surface area contributed by atoms with Gasteiger partial charge in [-0.1, -0.05) is 39.1 Å². The Kier molecular flexibility index (Phi) is 7.02. The molecule has 2 heterocycles. The molecule has 0 spiro atoms. The summed E-state index contributed by atoms with van der Waals surface area (Å²) in [6.45, 7) is 3.49. The SMILES string of the molecule is CC(C)(C)c1cc[n+](/C(C(=S)Nc2ccc(OC(F)F)cc2)=C(\O)c2cccs2)cc1. The van der Waals surface area contributed by atoms with Crippen molar-refractivity contribution in [3.05, 3.63) is 76.7 Å². The highest BCUT2D eigenvalue weighted by atomic mass is 32.1. The number of halogens is 2. The first-order chi connectivity index (χ1) is 14.6. The molecule has 0 aliphatic rings.